The molecule has 12 heteroatoms. The zero-order valence-corrected chi connectivity index (χ0v) is 21.6. The van der Waals surface area contributed by atoms with Crippen molar-refractivity contribution in [3.8, 4) is 0 Å². The van der Waals surface area contributed by atoms with Gasteiger partial charge in [0.1, 0.15) is 6.04 Å². The fourth-order valence-corrected chi connectivity index (χ4v) is 4.84. The molecule has 0 bridgehead atoms. The number of rotatable bonds is 4. The van der Waals surface area contributed by atoms with Crippen molar-refractivity contribution in [2.75, 3.05) is 37.4 Å². The number of fused-ring (bicyclic) bond motifs is 1. The largest absolute Gasteiger partial charge is 0.471 e. The summed E-state index contributed by atoms with van der Waals surface area (Å²) in [6.45, 7) is 0.148. The Labute approximate surface area is 220 Å². The minimum absolute atomic E-state index is 0.0278. The van der Waals surface area contributed by atoms with Gasteiger partial charge in [-0.15, -0.1) is 0 Å². The fraction of sp³-hybridized carbons (Fsp3) is 0.400. The second kappa shape index (κ2) is 11.1. The maximum Gasteiger partial charge on any atom is 0.471 e. The molecule has 2 atom stereocenters. The number of nitrogens with zero attached hydrogens (tertiary/aromatic N) is 2. The first-order valence-corrected chi connectivity index (χ1v) is 12.5. The highest BCUT2D eigenvalue weighted by Crippen LogP contribution is 2.26. The molecule has 4 rings (SSSR count). The van der Waals surface area contributed by atoms with Gasteiger partial charge in [0.25, 0.3) is 0 Å². The Hall–Kier alpha value is -3.12. The lowest BCUT2D eigenvalue weighted by atomic mass is 10.0. The summed E-state index contributed by atoms with van der Waals surface area (Å²) in [6.07, 6.45) is -4.39. The van der Waals surface area contributed by atoms with E-state index in [1.54, 1.807) is 42.5 Å². The van der Waals surface area contributed by atoms with Crippen molar-refractivity contribution in [2.24, 2.45) is 0 Å². The Morgan fingerprint density at radius 2 is 1.62 bits per heavy atom. The zero-order valence-electron chi connectivity index (χ0n) is 20.0. The van der Waals surface area contributed by atoms with E-state index in [1.807, 2.05) is 0 Å². The van der Waals surface area contributed by atoms with Crippen LogP contribution in [0.1, 0.15) is 17.5 Å². The molecule has 37 heavy (non-hydrogen) atoms. The van der Waals surface area contributed by atoms with Crippen LogP contribution < -0.4 is 10.6 Å². The molecule has 1 unspecified atom stereocenters. The predicted octanol–water partition coefficient (Wildman–Crippen LogP) is 4.20. The number of ether oxygens (including phenoxy) is 1. The second-order valence-electron chi connectivity index (χ2n) is 8.96. The first-order chi connectivity index (χ1) is 17.5. The molecule has 2 aromatic rings. The summed E-state index contributed by atoms with van der Waals surface area (Å²) in [5.74, 6) is -2.24. The van der Waals surface area contributed by atoms with Crippen LogP contribution >= 0.6 is 15.9 Å². The normalized spacial score (nSPS) is 19.7. The van der Waals surface area contributed by atoms with Gasteiger partial charge in [0.15, 0.2) is 0 Å². The first-order valence-electron chi connectivity index (χ1n) is 11.7. The van der Waals surface area contributed by atoms with Crippen molar-refractivity contribution in [1.82, 2.24) is 9.80 Å². The van der Waals surface area contributed by atoms with Crippen LogP contribution in [0.2, 0.25) is 0 Å². The number of anilines is 2. The lowest BCUT2D eigenvalue weighted by Crippen LogP contribution is -2.45. The third kappa shape index (κ3) is 6.42. The predicted molar refractivity (Wildman–Crippen MR) is 134 cm³/mol. The summed E-state index contributed by atoms with van der Waals surface area (Å²) >= 11 is 3.34. The van der Waals surface area contributed by atoms with Gasteiger partial charge in [0.2, 0.25) is 5.91 Å². The quantitative estimate of drug-likeness (QED) is 0.565. The molecule has 0 radical (unpaired) electrons. The van der Waals surface area contributed by atoms with E-state index >= 15 is 0 Å². The number of hydrogen-bond donors (Lipinski definition) is 2. The Morgan fingerprint density at radius 1 is 0.973 bits per heavy atom. The molecule has 2 N–H and O–H groups in total. The first kappa shape index (κ1) is 26.9. The van der Waals surface area contributed by atoms with Crippen molar-refractivity contribution in [1.29, 1.82) is 0 Å². The Bertz CT molecular complexity index is 1180. The molecular formula is C25H26BrF3N4O4. The number of likely N-dealkylation sites (tertiary alicyclic amines) is 1. The van der Waals surface area contributed by atoms with Gasteiger partial charge in [-0.3, -0.25) is 9.59 Å². The van der Waals surface area contributed by atoms with Crippen LogP contribution in [-0.4, -0.2) is 72.7 Å². The SMILES string of the molecule is COC1C[C@H](C(=O)Nc2ccc3c(c2)CCN(C(=O)C(F)(F)F)CC3)N(C(=O)Nc2ccc(Br)cc2)C1. The number of nitrogens with one attached hydrogen (secondary N) is 2. The highest BCUT2D eigenvalue weighted by molar-refractivity contribution is 9.10. The van der Waals surface area contributed by atoms with Crippen molar-refractivity contribution in [2.45, 2.75) is 37.6 Å². The summed E-state index contributed by atoms with van der Waals surface area (Å²) in [6, 6.07) is 11.0. The van der Waals surface area contributed by atoms with E-state index in [1.165, 1.54) is 12.0 Å². The van der Waals surface area contributed by atoms with E-state index in [4.69, 9.17) is 4.74 Å². The third-order valence-corrected chi connectivity index (χ3v) is 7.09. The number of halogens is 4. The smallest absolute Gasteiger partial charge is 0.380 e. The van der Waals surface area contributed by atoms with E-state index in [0.29, 0.717) is 17.8 Å². The molecule has 0 spiro atoms. The van der Waals surface area contributed by atoms with Crippen molar-refractivity contribution in [3.63, 3.8) is 0 Å². The van der Waals surface area contributed by atoms with Crippen LogP contribution in [0.5, 0.6) is 0 Å². The van der Waals surface area contributed by atoms with Gasteiger partial charge in [-0.25, -0.2) is 4.79 Å². The molecule has 198 valence electrons. The van der Waals surface area contributed by atoms with Gasteiger partial charge < -0.3 is 25.2 Å². The van der Waals surface area contributed by atoms with Crippen LogP contribution in [0, 0.1) is 0 Å². The van der Waals surface area contributed by atoms with Gasteiger partial charge in [-0.05, 0) is 60.4 Å². The zero-order chi connectivity index (χ0) is 26.7. The third-order valence-electron chi connectivity index (χ3n) is 6.56. The van der Waals surface area contributed by atoms with Crippen molar-refractivity contribution >= 4 is 45.2 Å². The average molecular weight is 583 g/mol. The standard InChI is InChI=1S/C25H26BrF3N4O4/c1-37-20-13-21(33(14-20)24(36)31-18-6-3-17(26)4-7-18)22(34)30-19-5-2-15-8-10-32(11-9-16(15)12-19)23(35)25(27,28)29/h2-7,12,20-21H,8-11,13-14H2,1H3,(H,30,34)(H,31,36)/t20?,21-/m1/s1. The molecule has 8 nitrogen and oxygen atoms in total. The minimum Gasteiger partial charge on any atom is -0.380 e. The number of alkyl halides is 3. The molecule has 0 saturated carbocycles. The molecule has 4 amide bonds. The van der Waals surface area contributed by atoms with Gasteiger partial charge in [0, 0.05) is 49.0 Å². The van der Waals surface area contributed by atoms with Crippen LogP contribution in [0.3, 0.4) is 0 Å². The minimum atomic E-state index is -4.91. The van der Waals surface area contributed by atoms with Crippen molar-refractivity contribution in [3.05, 3.63) is 58.1 Å². The summed E-state index contributed by atoms with van der Waals surface area (Å²) in [4.78, 5) is 40.1. The van der Waals surface area contributed by atoms with E-state index < -0.39 is 30.1 Å². The molecule has 1 fully saturated rings. The molecule has 0 aromatic heterocycles. The summed E-state index contributed by atoms with van der Waals surface area (Å²) in [5, 5.41) is 5.63. The number of carbonyl (C=O) groups excluding carboxylic acids is 3. The van der Waals surface area contributed by atoms with Gasteiger partial charge >= 0.3 is 18.1 Å². The van der Waals surface area contributed by atoms with E-state index in [2.05, 4.69) is 26.6 Å². The highest BCUT2D eigenvalue weighted by Gasteiger charge is 2.43. The van der Waals surface area contributed by atoms with Crippen LogP contribution in [0.15, 0.2) is 46.9 Å². The molecule has 2 aliphatic rings. The number of urea groups is 1. The number of hydrogen-bond acceptors (Lipinski definition) is 4. The maximum absolute atomic E-state index is 13.2. The molecule has 1 saturated heterocycles. The molecule has 2 aromatic carbocycles. The molecule has 2 heterocycles. The van der Waals surface area contributed by atoms with E-state index in [0.717, 1.165) is 20.5 Å². The lowest BCUT2D eigenvalue weighted by molar-refractivity contribution is -0.185. The number of amides is 4. The van der Waals surface area contributed by atoms with E-state index in [9.17, 15) is 27.6 Å². The molecule has 2 aliphatic heterocycles. The molecule has 0 aliphatic carbocycles. The fourth-order valence-electron chi connectivity index (χ4n) is 4.58. The topological polar surface area (TPSA) is 91.0 Å². The summed E-state index contributed by atoms with van der Waals surface area (Å²) < 4.78 is 44.8. The van der Waals surface area contributed by atoms with E-state index in [-0.39, 0.29) is 38.6 Å². The Morgan fingerprint density at radius 3 is 2.27 bits per heavy atom. The summed E-state index contributed by atoms with van der Waals surface area (Å²) in [5.41, 5.74) is 2.64. The molecular weight excluding hydrogens is 557 g/mol. The van der Waals surface area contributed by atoms with Gasteiger partial charge in [-0.1, -0.05) is 22.0 Å². The number of methoxy groups -OCH3 is 1. The summed E-state index contributed by atoms with van der Waals surface area (Å²) in [7, 11) is 1.52. The Kier molecular flexibility index (Phi) is 8.08. The number of benzene rings is 2. The van der Waals surface area contributed by atoms with Gasteiger partial charge in [0.05, 0.1) is 6.10 Å². The monoisotopic (exact) mass is 582 g/mol. The lowest BCUT2D eigenvalue weighted by Gasteiger charge is -2.24. The second-order valence-corrected chi connectivity index (χ2v) is 9.88. The maximum atomic E-state index is 13.2. The van der Waals surface area contributed by atoms with Crippen LogP contribution in [-0.2, 0) is 27.2 Å². The van der Waals surface area contributed by atoms with Crippen molar-refractivity contribution < 1.29 is 32.3 Å². The van der Waals surface area contributed by atoms with Crippen LogP contribution in [0.25, 0.3) is 0 Å². The van der Waals surface area contributed by atoms with Gasteiger partial charge in [-0.2, -0.15) is 13.2 Å². The Balaban J connectivity index is 1.43. The number of carbonyl (C=O) groups is 3. The highest BCUT2D eigenvalue weighted by atomic mass is 79.9. The average Bonchev–Trinajstić information content (AvgIpc) is 3.20. The van der Waals surface area contributed by atoms with Crippen LogP contribution in [0.4, 0.5) is 29.3 Å².